The Kier molecular flexibility index (Phi) is 5.72. The third-order valence-electron chi connectivity index (χ3n) is 3.53. The maximum Gasteiger partial charge on any atom is 0.324 e. The first-order valence-electron chi connectivity index (χ1n) is 7.50. The number of nitro groups is 1. The second-order valence-electron chi connectivity index (χ2n) is 5.31. The zero-order chi connectivity index (χ0) is 17.8. The monoisotopic (exact) mass is 436 g/mol. The lowest BCUT2D eigenvalue weighted by Gasteiger charge is -1.98. The van der Waals surface area contributed by atoms with Crippen LogP contribution >= 0.6 is 38.6 Å². The van der Waals surface area contributed by atoms with Crippen molar-refractivity contribution in [2.24, 2.45) is 0 Å². The Morgan fingerprint density at radius 1 is 1.20 bits per heavy atom. The number of hydrogen-bond acceptors (Lipinski definition) is 6. The second-order valence-corrected chi connectivity index (χ2v) is 8.23. The number of hydrogen-bond donors (Lipinski definition) is 0. The van der Waals surface area contributed by atoms with E-state index in [1.165, 1.54) is 12.1 Å². The summed E-state index contributed by atoms with van der Waals surface area (Å²) in [5, 5.41) is 13.7. The highest BCUT2D eigenvalue weighted by Crippen LogP contribution is 2.27. The molecule has 0 N–H and O–H groups in total. The number of halogens is 1. The summed E-state index contributed by atoms with van der Waals surface area (Å²) >= 11 is 5.93. The van der Waals surface area contributed by atoms with Gasteiger partial charge in [-0.3, -0.25) is 14.9 Å². The number of carbonyl (C=O) groups excluding carboxylic acids is 1. The topological polar surface area (TPSA) is 73.1 Å². The second kappa shape index (κ2) is 7.99. The van der Waals surface area contributed by atoms with Crippen molar-refractivity contribution < 1.29 is 9.72 Å². The lowest BCUT2D eigenvalue weighted by molar-refractivity contribution is -0.380. The van der Waals surface area contributed by atoms with Crippen LogP contribution in [0.4, 0.5) is 5.00 Å². The number of nitrogens with zero attached hydrogens (tertiary/aromatic N) is 2. The van der Waals surface area contributed by atoms with Crippen LogP contribution in [0.3, 0.4) is 0 Å². The average Bonchev–Trinajstić information content (AvgIpc) is 3.25. The molecule has 2 heterocycles. The largest absolute Gasteiger partial charge is 0.324 e. The molecule has 25 heavy (non-hydrogen) atoms. The smallest absolute Gasteiger partial charge is 0.293 e. The van der Waals surface area contributed by atoms with Crippen molar-refractivity contribution in [3.05, 3.63) is 66.3 Å². The highest BCUT2D eigenvalue weighted by atomic mass is 79.9. The van der Waals surface area contributed by atoms with E-state index in [1.54, 1.807) is 11.3 Å². The molecule has 0 fully saturated rings. The van der Waals surface area contributed by atoms with Gasteiger partial charge in [-0.25, -0.2) is 4.98 Å². The van der Waals surface area contributed by atoms with Gasteiger partial charge in [0.1, 0.15) is 0 Å². The van der Waals surface area contributed by atoms with Gasteiger partial charge in [0.2, 0.25) is 0 Å². The van der Waals surface area contributed by atoms with E-state index in [-0.39, 0.29) is 10.8 Å². The van der Waals surface area contributed by atoms with Gasteiger partial charge in [-0.2, -0.15) is 0 Å². The van der Waals surface area contributed by atoms with Crippen LogP contribution in [-0.2, 0) is 6.42 Å². The van der Waals surface area contributed by atoms with Gasteiger partial charge in [0.05, 0.1) is 20.5 Å². The molecule has 0 unspecified atom stereocenters. The number of benzene rings is 1. The molecular weight excluding hydrogens is 424 g/mol. The first-order chi connectivity index (χ1) is 12.0. The molecule has 0 atom stereocenters. The van der Waals surface area contributed by atoms with Gasteiger partial charge in [0, 0.05) is 27.9 Å². The number of aromatic nitrogens is 1. The van der Waals surface area contributed by atoms with Gasteiger partial charge < -0.3 is 0 Å². The Morgan fingerprint density at radius 2 is 1.96 bits per heavy atom. The number of thiophene rings is 1. The van der Waals surface area contributed by atoms with Crippen LogP contribution in [-0.4, -0.2) is 15.7 Å². The van der Waals surface area contributed by atoms with Crippen molar-refractivity contribution in [1.82, 2.24) is 4.98 Å². The van der Waals surface area contributed by atoms with Crippen LogP contribution in [0, 0.1) is 10.1 Å². The molecule has 0 saturated carbocycles. The van der Waals surface area contributed by atoms with Crippen molar-refractivity contribution in [2.75, 3.05) is 0 Å². The molecule has 0 amide bonds. The zero-order valence-electron chi connectivity index (χ0n) is 13.0. The van der Waals surface area contributed by atoms with E-state index in [0.717, 1.165) is 38.5 Å². The maximum absolute atomic E-state index is 12.1. The summed E-state index contributed by atoms with van der Waals surface area (Å²) in [6.45, 7) is 0. The number of rotatable bonds is 7. The minimum Gasteiger partial charge on any atom is -0.293 e. The first kappa shape index (κ1) is 17.9. The molecule has 0 aliphatic heterocycles. The van der Waals surface area contributed by atoms with Crippen LogP contribution in [0.1, 0.15) is 27.5 Å². The van der Waals surface area contributed by atoms with Gasteiger partial charge >= 0.3 is 5.00 Å². The van der Waals surface area contributed by atoms with E-state index in [9.17, 15) is 14.9 Å². The Bertz CT molecular complexity index is 903. The van der Waals surface area contributed by atoms with Crippen molar-refractivity contribution >= 4 is 49.4 Å². The van der Waals surface area contributed by atoms with Crippen LogP contribution in [0.2, 0.25) is 0 Å². The molecule has 0 aliphatic carbocycles. The predicted molar refractivity (Wildman–Crippen MR) is 103 cm³/mol. The van der Waals surface area contributed by atoms with Gasteiger partial charge in [-0.05, 0) is 31.0 Å². The van der Waals surface area contributed by atoms with E-state index < -0.39 is 4.92 Å². The van der Waals surface area contributed by atoms with Gasteiger partial charge in [0.15, 0.2) is 5.78 Å². The Morgan fingerprint density at radius 3 is 2.64 bits per heavy atom. The maximum atomic E-state index is 12.1. The van der Waals surface area contributed by atoms with E-state index in [1.807, 2.05) is 29.6 Å². The molecule has 0 bridgehead atoms. The Hall–Kier alpha value is -1.90. The molecule has 0 radical (unpaired) electrons. The molecule has 0 saturated heterocycles. The fourth-order valence-electron chi connectivity index (χ4n) is 2.28. The normalized spacial score (nSPS) is 10.8. The summed E-state index contributed by atoms with van der Waals surface area (Å²) in [7, 11) is 0. The molecule has 128 valence electrons. The van der Waals surface area contributed by atoms with E-state index in [0.29, 0.717) is 17.7 Å². The molecular formula is C17H13BrN2O3S2. The molecule has 8 heteroatoms. The lowest BCUT2D eigenvalue weighted by Crippen LogP contribution is -1.97. The summed E-state index contributed by atoms with van der Waals surface area (Å²) in [4.78, 5) is 27.4. The van der Waals surface area contributed by atoms with Gasteiger partial charge in [-0.15, -0.1) is 11.3 Å². The van der Waals surface area contributed by atoms with E-state index in [2.05, 4.69) is 20.9 Å². The number of carbonyl (C=O) groups is 1. The Labute approximate surface area is 160 Å². The van der Waals surface area contributed by atoms with E-state index >= 15 is 0 Å². The van der Waals surface area contributed by atoms with Crippen molar-refractivity contribution in [1.29, 1.82) is 0 Å². The molecule has 3 aromatic rings. The number of Topliss-reactive ketones (excluding diaryl/α,β-unsaturated/α-hetero) is 1. The highest BCUT2D eigenvalue weighted by molar-refractivity contribution is 9.10. The standard InChI is InChI=1S/C17H13BrN2O3S2/c18-12-6-4-11(5-7-12)13-10-24-16(19-13)3-1-2-14(21)15-8-9-17(25-15)20(22)23/h4-10H,1-3H2. The summed E-state index contributed by atoms with van der Waals surface area (Å²) in [6.07, 6.45) is 1.77. The summed E-state index contributed by atoms with van der Waals surface area (Å²) < 4.78 is 1.03. The molecule has 2 aromatic heterocycles. The third kappa shape index (κ3) is 4.59. The quantitative estimate of drug-likeness (QED) is 0.268. The van der Waals surface area contributed by atoms with Crippen molar-refractivity contribution in [3.8, 4) is 11.3 Å². The van der Waals surface area contributed by atoms with Gasteiger partial charge in [0.25, 0.3) is 0 Å². The van der Waals surface area contributed by atoms with Gasteiger partial charge in [-0.1, -0.05) is 39.4 Å². The zero-order valence-corrected chi connectivity index (χ0v) is 16.2. The fourth-order valence-corrected chi connectivity index (χ4v) is 4.18. The molecule has 0 aliphatic rings. The minimum absolute atomic E-state index is 0.00223. The fraction of sp³-hybridized carbons (Fsp3) is 0.176. The summed E-state index contributed by atoms with van der Waals surface area (Å²) in [5.41, 5.74) is 2.00. The van der Waals surface area contributed by atoms with Crippen molar-refractivity contribution in [2.45, 2.75) is 19.3 Å². The molecule has 0 spiro atoms. The van der Waals surface area contributed by atoms with Crippen LogP contribution in [0.25, 0.3) is 11.3 Å². The lowest BCUT2D eigenvalue weighted by atomic mass is 10.1. The van der Waals surface area contributed by atoms with Crippen molar-refractivity contribution in [3.63, 3.8) is 0 Å². The summed E-state index contributed by atoms with van der Waals surface area (Å²) in [5.74, 6) is -0.0530. The molecule has 5 nitrogen and oxygen atoms in total. The Balaban J connectivity index is 1.54. The van der Waals surface area contributed by atoms with Crippen LogP contribution in [0.5, 0.6) is 0 Å². The third-order valence-corrected chi connectivity index (χ3v) is 6.05. The number of aryl methyl sites for hydroxylation is 1. The minimum atomic E-state index is -0.472. The highest BCUT2D eigenvalue weighted by Gasteiger charge is 2.15. The molecule has 1 aromatic carbocycles. The SMILES string of the molecule is O=C(CCCc1nc(-c2ccc(Br)cc2)cs1)c1ccc([N+](=O)[O-])s1. The van der Waals surface area contributed by atoms with E-state index in [4.69, 9.17) is 0 Å². The number of ketones is 1. The first-order valence-corrected chi connectivity index (χ1v) is 9.99. The predicted octanol–water partition coefficient (Wildman–Crippen LogP) is 5.75. The van der Waals surface area contributed by atoms with Crippen LogP contribution in [0.15, 0.2) is 46.3 Å². The number of thiazole rings is 1. The molecule has 3 rings (SSSR count). The summed E-state index contributed by atoms with van der Waals surface area (Å²) in [6, 6.07) is 10.9. The average molecular weight is 437 g/mol. The van der Waals surface area contributed by atoms with Crippen LogP contribution < -0.4 is 0 Å².